The van der Waals surface area contributed by atoms with Gasteiger partial charge in [-0.05, 0) is 12.8 Å². The van der Waals surface area contributed by atoms with E-state index in [1.807, 2.05) is 4.90 Å². The van der Waals surface area contributed by atoms with E-state index in [-0.39, 0.29) is 17.7 Å². The Labute approximate surface area is 117 Å². The summed E-state index contributed by atoms with van der Waals surface area (Å²) in [6.45, 7) is 2.41. The summed E-state index contributed by atoms with van der Waals surface area (Å²) < 4.78 is 0. The lowest BCUT2D eigenvalue weighted by atomic mass is 9.84. The average molecular weight is 274 g/mol. The highest BCUT2D eigenvalue weighted by atomic mass is 16.2. The average Bonchev–Trinajstić information content (AvgIpc) is 2.46. The van der Waals surface area contributed by atoms with Crippen LogP contribution in [-0.2, 0) is 4.79 Å². The molecule has 0 N–H and O–H groups in total. The van der Waals surface area contributed by atoms with E-state index in [1.165, 1.54) is 18.8 Å². The first kappa shape index (κ1) is 13.0. The Bertz CT molecular complexity index is 493. The maximum atomic E-state index is 12.2. The van der Waals surface area contributed by atoms with Crippen LogP contribution in [0.4, 0.5) is 0 Å². The molecule has 1 aromatic heterocycles. The lowest BCUT2D eigenvalue weighted by molar-refractivity contribution is -0.139. The van der Waals surface area contributed by atoms with Crippen LogP contribution < -0.4 is 0 Å². The molecular formula is C14H18N4O2. The fourth-order valence-corrected chi connectivity index (χ4v) is 2.61. The van der Waals surface area contributed by atoms with E-state index in [0.29, 0.717) is 31.9 Å². The van der Waals surface area contributed by atoms with Gasteiger partial charge in [-0.3, -0.25) is 14.6 Å². The lowest BCUT2D eigenvalue weighted by Crippen LogP contribution is -2.52. The van der Waals surface area contributed by atoms with Crippen LogP contribution in [0.15, 0.2) is 18.6 Å². The van der Waals surface area contributed by atoms with Gasteiger partial charge in [0.1, 0.15) is 5.69 Å². The molecule has 1 saturated heterocycles. The molecule has 20 heavy (non-hydrogen) atoms. The minimum Gasteiger partial charge on any atom is -0.339 e. The summed E-state index contributed by atoms with van der Waals surface area (Å²) in [6, 6.07) is 0. The summed E-state index contributed by atoms with van der Waals surface area (Å²) in [7, 11) is 0. The Hall–Kier alpha value is -1.98. The van der Waals surface area contributed by atoms with Gasteiger partial charge in [0.15, 0.2) is 0 Å². The zero-order valence-corrected chi connectivity index (χ0v) is 11.4. The number of piperazine rings is 1. The van der Waals surface area contributed by atoms with Crippen LogP contribution >= 0.6 is 0 Å². The maximum absolute atomic E-state index is 12.2. The van der Waals surface area contributed by atoms with Crippen molar-refractivity contribution in [2.75, 3.05) is 26.2 Å². The van der Waals surface area contributed by atoms with E-state index < -0.39 is 0 Å². The number of hydrogen-bond donors (Lipinski definition) is 0. The van der Waals surface area contributed by atoms with Gasteiger partial charge in [0.05, 0.1) is 6.20 Å². The molecule has 0 aromatic carbocycles. The Kier molecular flexibility index (Phi) is 3.62. The van der Waals surface area contributed by atoms with E-state index in [1.54, 1.807) is 11.1 Å². The molecule has 3 rings (SSSR count). The predicted octanol–water partition coefficient (Wildman–Crippen LogP) is 0.561. The minimum atomic E-state index is -0.103. The second-order valence-corrected chi connectivity index (χ2v) is 5.34. The molecule has 2 amide bonds. The quantitative estimate of drug-likeness (QED) is 0.790. The zero-order chi connectivity index (χ0) is 13.9. The molecule has 6 nitrogen and oxygen atoms in total. The second kappa shape index (κ2) is 5.56. The Morgan fingerprint density at radius 2 is 1.75 bits per heavy atom. The Morgan fingerprint density at radius 3 is 2.30 bits per heavy atom. The van der Waals surface area contributed by atoms with Gasteiger partial charge < -0.3 is 9.80 Å². The molecule has 0 atom stereocenters. The van der Waals surface area contributed by atoms with Crippen molar-refractivity contribution in [1.82, 2.24) is 19.8 Å². The largest absolute Gasteiger partial charge is 0.339 e. The summed E-state index contributed by atoms with van der Waals surface area (Å²) in [4.78, 5) is 35.9. The molecule has 0 spiro atoms. The van der Waals surface area contributed by atoms with Crippen molar-refractivity contribution in [3.63, 3.8) is 0 Å². The first-order valence-electron chi connectivity index (χ1n) is 7.10. The molecule has 1 aromatic rings. The van der Waals surface area contributed by atoms with Crippen LogP contribution in [0, 0.1) is 5.92 Å². The van der Waals surface area contributed by atoms with Crippen molar-refractivity contribution >= 4 is 11.8 Å². The van der Waals surface area contributed by atoms with Gasteiger partial charge >= 0.3 is 0 Å². The molecule has 2 aliphatic rings. The van der Waals surface area contributed by atoms with Crippen molar-refractivity contribution in [1.29, 1.82) is 0 Å². The van der Waals surface area contributed by atoms with Crippen LogP contribution in [-0.4, -0.2) is 57.8 Å². The first-order valence-corrected chi connectivity index (χ1v) is 7.10. The molecular weight excluding hydrogens is 256 g/mol. The van der Waals surface area contributed by atoms with Gasteiger partial charge in [0.2, 0.25) is 5.91 Å². The van der Waals surface area contributed by atoms with E-state index >= 15 is 0 Å². The molecule has 2 fully saturated rings. The van der Waals surface area contributed by atoms with Crippen molar-refractivity contribution in [2.45, 2.75) is 19.3 Å². The van der Waals surface area contributed by atoms with Gasteiger partial charge in [0.25, 0.3) is 5.91 Å². The number of carbonyl (C=O) groups excluding carboxylic acids is 2. The lowest BCUT2D eigenvalue weighted by Gasteiger charge is -2.38. The molecule has 2 heterocycles. The molecule has 1 saturated carbocycles. The van der Waals surface area contributed by atoms with Gasteiger partial charge in [-0.25, -0.2) is 4.98 Å². The summed E-state index contributed by atoms with van der Waals surface area (Å²) >= 11 is 0. The number of amides is 2. The molecule has 0 bridgehead atoms. The molecule has 106 valence electrons. The predicted molar refractivity (Wildman–Crippen MR) is 71.9 cm³/mol. The van der Waals surface area contributed by atoms with E-state index in [2.05, 4.69) is 9.97 Å². The normalized spacial score (nSPS) is 19.6. The highest BCUT2D eigenvalue weighted by Gasteiger charge is 2.32. The highest BCUT2D eigenvalue weighted by molar-refractivity contribution is 5.92. The van der Waals surface area contributed by atoms with Gasteiger partial charge in [-0.15, -0.1) is 0 Å². The SMILES string of the molecule is O=C(c1cnccn1)N1CCN(C(=O)C2CCC2)CC1. The number of hydrogen-bond acceptors (Lipinski definition) is 4. The summed E-state index contributed by atoms with van der Waals surface area (Å²) in [5.41, 5.74) is 0.367. The number of aromatic nitrogens is 2. The number of nitrogens with zero attached hydrogens (tertiary/aromatic N) is 4. The van der Waals surface area contributed by atoms with Crippen LogP contribution in [0.25, 0.3) is 0 Å². The smallest absolute Gasteiger partial charge is 0.274 e. The Balaban J connectivity index is 1.55. The highest BCUT2D eigenvalue weighted by Crippen LogP contribution is 2.28. The van der Waals surface area contributed by atoms with E-state index in [9.17, 15) is 9.59 Å². The minimum absolute atomic E-state index is 0.103. The summed E-state index contributed by atoms with van der Waals surface area (Å²) in [5.74, 6) is 0.397. The molecule has 6 heteroatoms. The van der Waals surface area contributed by atoms with Gasteiger partial charge in [-0.1, -0.05) is 6.42 Å². The fraction of sp³-hybridized carbons (Fsp3) is 0.571. The Morgan fingerprint density at radius 1 is 1.05 bits per heavy atom. The van der Waals surface area contributed by atoms with Crippen molar-refractivity contribution in [3.05, 3.63) is 24.3 Å². The van der Waals surface area contributed by atoms with Crippen molar-refractivity contribution < 1.29 is 9.59 Å². The third-order valence-electron chi connectivity index (χ3n) is 4.12. The molecule has 0 radical (unpaired) electrons. The molecule has 1 aliphatic carbocycles. The summed E-state index contributed by atoms with van der Waals surface area (Å²) in [5, 5.41) is 0. The van der Waals surface area contributed by atoms with Crippen LogP contribution in [0.5, 0.6) is 0 Å². The second-order valence-electron chi connectivity index (χ2n) is 5.34. The standard InChI is InChI=1S/C14H18N4O2/c19-13(11-2-1-3-11)17-6-8-18(9-7-17)14(20)12-10-15-4-5-16-12/h4-5,10-11H,1-3,6-9H2. The maximum Gasteiger partial charge on any atom is 0.274 e. The fourth-order valence-electron chi connectivity index (χ4n) is 2.61. The number of carbonyl (C=O) groups is 2. The molecule has 0 unspecified atom stereocenters. The van der Waals surface area contributed by atoms with Crippen LogP contribution in [0.1, 0.15) is 29.8 Å². The summed E-state index contributed by atoms with van der Waals surface area (Å²) in [6.07, 6.45) is 7.76. The third-order valence-corrected chi connectivity index (χ3v) is 4.12. The zero-order valence-electron chi connectivity index (χ0n) is 11.4. The van der Waals surface area contributed by atoms with Crippen molar-refractivity contribution in [3.8, 4) is 0 Å². The van der Waals surface area contributed by atoms with E-state index in [0.717, 1.165) is 12.8 Å². The van der Waals surface area contributed by atoms with Gasteiger partial charge in [-0.2, -0.15) is 0 Å². The third kappa shape index (κ3) is 2.50. The van der Waals surface area contributed by atoms with Crippen molar-refractivity contribution in [2.24, 2.45) is 5.92 Å². The number of rotatable bonds is 2. The van der Waals surface area contributed by atoms with E-state index in [4.69, 9.17) is 0 Å². The first-order chi connectivity index (χ1) is 9.75. The monoisotopic (exact) mass is 274 g/mol. The van der Waals surface area contributed by atoms with Crippen LogP contribution in [0.3, 0.4) is 0 Å². The molecule has 1 aliphatic heterocycles. The van der Waals surface area contributed by atoms with Crippen LogP contribution in [0.2, 0.25) is 0 Å². The topological polar surface area (TPSA) is 66.4 Å². The van der Waals surface area contributed by atoms with Gasteiger partial charge in [0, 0.05) is 44.5 Å².